The third-order valence-electron chi connectivity index (χ3n) is 5.37. The van der Waals surface area contributed by atoms with Gasteiger partial charge in [0.05, 0.1) is 7.11 Å². The van der Waals surface area contributed by atoms with Crippen molar-refractivity contribution in [2.75, 3.05) is 25.5 Å². The van der Waals surface area contributed by atoms with Gasteiger partial charge in [-0.15, -0.1) is 0 Å². The highest BCUT2D eigenvalue weighted by Gasteiger charge is 2.28. The zero-order valence-corrected chi connectivity index (χ0v) is 16.8. The maximum absolute atomic E-state index is 13.3. The van der Waals surface area contributed by atoms with Crippen molar-refractivity contribution in [1.29, 1.82) is 0 Å². The van der Waals surface area contributed by atoms with Crippen LogP contribution in [0.15, 0.2) is 59.1 Å². The summed E-state index contributed by atoms with van der Waals surface area (Å²) in [6, 6.07) is 16.3. The molecule has 156 valence electrons. The molecule has 1 fully saturated rings. The Labute approximate surface area is 174 Å². The zero-order valence-electron chi connectivity index (χ0n) is 16.8. The van der Waals surface area contributed by atoms with Crippen molar-refractivity contribution in [3.8, 4) is 11.3 Å². The van der Waals surface area contributed by atoms with Crippen molar-refractivity contribution >= 4 is 11.9 Å². The van der Waals surface area contributed by atoms with Crippen molar-refractivity contribution in [3.05, 3.63) is 71.5 Å². The number of halogens is 1. The minimum absolute atomic E-state index is 0.162. The van der Waals surface area contributed by atoms with E-state index in [1.165, 1.54) is 24.8 Å². The molecule has 6 nitrogen and oxygen atoms in total. The van der Waals surface area contributed by atoms with Crippen LogP contribution < -0.4 is 5.32 Å². The highest BCUT2D eigenvalue weighted by atomic mass is 19.1. The van der Waals surface area contributed by atoms with Gasteiger partial charge in [0.25, 0.3) is 0 Å². The fourth-order valence-electron chi connectivity index (χ4n) is 3.75. The van der Waals surface area contributed by atoms with Gasteiger partial charge in [-0.25, -0.2) is 9.18 Å². The number of likely N-dealkylation sites (tertiary alicyclic amines) is 1. The molecule has 0 spiro atoms. The molecular formula is C23H24FN3O3. The number of carbonyl (C=O) groups excluding carboxylic acids is 1. The largest absolute Gasteiger partial charge is 0.465 e. The first-order valence-electron chi connectivity index (χ1n) is 10.0. The fourth-order valence-corrected chi connectivity index (χ4v) is 3.75. The third kappa shape index (κ3) is 4.52. The number of ether oxygens (including phenoxy) is 1. The molecule has 1 aliphatic heterocycles. The summed E-state index contributed by atoms with van der Waals surface area (Å²) >= 11 is 0. The van der Waals surface area contributed by atoms with Crippen LogP contribution in [0.2, 0.25) is 0 Å². The lowest BCUT2D eigenvalue weighted by atomic mass is 10.0. The second-order valence-corrected chi connectivity index (χ2v) is 7.41. The van der Waals surface area contributed by atoms with Gasteiger partial charge < -0.3 is 14.6 Å². The number of nitrogens with one attached hydrogen (secondary N) is 1. The summed E-state index contributed by atoms with van der Waals surface area (Å²) in [6.07, 6.45) is 1.83. The number of nitrogens with zero attached hydrogens (tertiary/aromatic N) is 2. The number of benzene rings is 2. The molecule has 2 aromatic carbocycles. The zero-order chi connectivity index (χ0) is 20.9. The number of carbonyl (C=O) groups is 1. The van der Waals surface area contributed by atoms with Gasteiger partial charge in [0.15, 0.2) is 5.56 Å². The summed E-state index contributed by atoms with van der Waals surface area (Å²) in [4.78, 5) is 14.8. The molecule has 4 rings (SSSR count). The summed E-state index contributed by atoms with van der Waals surface area (Å²) in [5.74, 6) is -0.607. The van der Waals surface area contributed by atoms with Crippen molar-refractivity contribution in [2.45, 2.75) is 25.4 Å². The Balaban J connectivity index is 1.44. The SMILES string of the molecule is COC(=O)c1c(-c2ccc(F)cc2)noc1NC1CCN(Cc2ccccc2)CC1. The highest BCUT2D eigenvalue weighted by Crippen LogP contribution is 2.31. The second kappa shape index (κ2) is 9.09. The third-order valence-corrected chi connectivity index (χ3v) is 5.37. The molecule has 2 heterocycles. The predicted molar refractivity (Wildman–Crippen MR) is 112 cm³/mol. The van der Waals surface area contributed by atoms with Gasteiger partial charge in [-0.2, -0.15) is 0 Å². The van der Waals surface area contributed by atoms with Gasteiger partial charge in [-0.05, 0) is 42.7 Å². The molecule has 0 aliphatic carbocycles. The van der Waals surface area contributed by atoms with E-state index in [4.69, 9.17) is 9.26 Å². The standard InChI is InChI=1S/C23H24FN3O3/c1-29-23(28)20-21(17-7-9-18(24)10-8-17)26-30-22(20)25-19-11-13-27(14-12-19)15-16-5-3-2-4-6-16/h2-10,19,25H,11-15H2,1H3. The van der Waals surface area contributed by atoms with Crippen molar-refractivity contribution in [3.63, 3.8) is 0 Å². The quantitative estimate of drug-likeness (QED) is 0.611. The maximum atomic E-state index is 13.3. The Morgan fingerprint density at radius 3 is 2.53 bits per heavy atom. The van der Waals surface area contributed by atoms with Crippen LogP contribution in [0.25, 0.3) is 11.3 Å². The molecule has 0 radical (unpaired) electrons. The summed E-state index contributed by atoms with van der Waals surface area (Å²) in [7, 11) is 1.32. The normalized spacial score (nSPS) is 15.1. The molecule has 0 unspecified atom stereocenters. The molecule has 1 saturated heterocycles. The van der Waals surface area contributed by atoms with E-state index < -0.39 is 5.97 Å². The monoisotopic (exact) mass is 409 g/mol. The molecule has 7 heteroatoms. The Hall–Kier alpha value is -3.19. The molecule has 0 atom stereocenters. The lowest BCUT2D eigenvalue weighted by Gasteiger charge is -2.32. The first-order valence-corrected chi connectivity index (χ1v) is 10.0. The van der Waals surface area contributed by atoms with Gasteiger partial charge in [0, 0.05) is 31.2 Å². The maximum Gasteiger partial charge on any atom is 0.345 e. The Kier molecular flexibility index (Phi) is 6.09. The van der Waals surface area contributed by atoms with E-state index in [1.807, 2.05) is 6.07 Å². The average Bonchev–Trinajstić information content (AvgIpc) is 3.19. The van der Waals surface area contributed by atoms with Crippen LogP contribution in [0.3, 0.4) is 0 Å². The molecule has 0 bridgehead atoms. The number of rotatable bonds is 6. The second-order valence-electron chi connectivity index (χ2n) is 7.41. The number of hydrogen-bond donors (Lipinski definition) is 1. The minimum atomic E-state index is -0.542. The van der Waals surface area contributed by atoms with E-state index in [1.54, 1.807) is 12.1 Å². The Morgan fingerprint density at radius 2 is 1.87 bits per heavy atom. The molecular weight excluding hydrogens is 385 g/mol. The fraction of sp³-hybridized carbons (Fsp3) is 0.304. The summed E-state index contributed by atoms with van der Waals surface area (Å²) in [5, 5.41) is 7.37. The first kappa shape index (κ1) is 20.1. The molecule has 30 heavy (non-hydrogen) atoms. The van der Waals surface area contributed by atoms with Gasteiger partial charge in [-0.1, -0.05) is 35.5 Å². The first-order chi connectivity index (χ1) is 14.6. The number of hydrogen-bond acceptors (Lipinski definition) is 6. The lowest BCUT2D eigenvalue weighted by molar-refractivity contribution is 0.0602. The van der Waals surface area contributed by atoms with Crippen LogP contribution in [0.5, 0.6) is 0 Å². The van der Waals surface area contributed by atoms with E-state index in [0.717, 1.165) is 32.5 Å². The van der Waals surface area contributed by atoms with Gasteiger partial charge in [0.2, 0.25) is 5.88 Å². The number of esters is 1. The average molecular weight is 409 g/mol. The van der Waals surface area contributed by atoms with Crippen LogP contribution in [0.4, 0.5) is 10.3 Å². The lowest BCUT2D eigenvalue weighted by Crippen LogP contribution is -2.38. The minimum Gasteiger partial charge on any atom is -0.465 e. The smallest absolute Gasteiger partial charge is 0.345 e. The Morgan fingerprint density at radius 1 is 1.17 bits per heavy atom. The van der Waals surface area contributed by atoms with E-state index in [-0.39, 0.29) is 17.4 Å². The van der Waals surface area contributed by atoms with Crippen LogP contribution in [-0.4, -0.2) is 42.3 Å². The molecule has 0 amide bonds. The summed E-state index contributed by atoms with van der Waals surface area (Å²) in [5.41, 5.74) is 2.46. The molecule has 1 N–H and O–H groups in total. The van der Waals surface area contributed by atoms with Crippen molar-refractivity contribution in [1.82, 2.24) is 10.1 Å². The van der Waals surface area contributed by atoms with E-state index >= 15 is 0 Å². The van der Waals surface area contributed by atoms with Gasteiger partial charge in [0.1, 0.15) is 11.5 Å². The molecule has 3 aromatic rings. The topological polar surface area (TPSA) is 67.6 Å². The van der Waals surface area contributed by atoms with Gasteiger partial charge >= 0.3 is 5.97 Å². The molecule has 1 aromatic heterocycles. The van der Waals surface area contributed by atoms with Crippen molar-refractivity contribution < 1.29 is 18.4 Å². The molecule has 0 saturated carbocycles. The van der Waals surface area contributed by atoms with E-state index in [0.29, 0.717) is 17.1 Å². The number of anilines is 1. The summed E-state index contributed by atoms with van der Waals surface area (Å²) in [6.45, 7) is 2.82. The number of piperidine rings is 1. The highest BCUT2D eigenvalue weighted by molar-refractivity contribution is 6.00. The van der Waals surface area contributed by atoms with Crippen LogP contribution in [0, 0.1) is 5.82 Å². The van der Waals surface area contributed by atoms with E-state index in [2.05, 4.69) is 39.6 Å². The number of aromatic nitrogens is 1. The van der Waals surface area contributed by atoms with Crippen molar-refractivity contribution in [2.24, 2.45) is 0 Å². The predicted octanol–water partition coefficient (Wildman–Crippen LogP) is 4.34. The van der Waals surface area contributed by atoms with Crippen LogP contribution in [0.1, 0.15) is 28.8 Å². The molecule has 1 aliphatic rings. The summed E-state index contributed by atoms with van der Waals surface area (Å²) < 4.78 is 23.7. The number of methoxy groups -OCH3 is 1. The van der Waals surface area contributed by atoms with Gasteiger partial charge in [-0.3, -0.25) is 4.90 Å². The van der Waals surface area contributed by atoms with Crippen LogP contribution >= 0.6 is 0 Å². The van der Waals surface area contributed by atoms with E-state index in [9.17, 15) is 9.18 Å². The Bertz CT molecular complexity index is 981. The van der Waals surface area contributed by atoms with Crippen LogP contribution in [-0.2, 0) is 11.3 Å².